The number of rotatable bonds is 2. The summed E-state index contributed by atoms with van der Waals surface area (Å²) in [5.41, 5.74) is 0.462. The number of para-hydroxylation sites is 1. The van der Waals surface area contributed by atoms with Crippen molar-refractivity contribution in [1.82, 2.24) is 0 Å². The van der Waals surface area contributed by atoms with Gasteiger partial charge in [-0.3, -0.25) is 0 Å². The first-order chi connectivity index (χ1) is 7.35. The predicted octanol–water partition coefficient (Wildman–Crippen LogP) is 3.53. The molecule has 0 N–H and O–H groups in total. The van der Waals surface area contributed by atoms with E-state index in [0.29, 0.717) is 11.5 Å². The molecule has 1 radical (unpaired) electrons. The lowest BCUT2D eigenvalue weighted by Gasteiger charge is -2.16. The lowest BCUT2D eigenvalue weighted by Crippen LogP contribution is -2.19. The fourth-order valence-electron chi connectivity index (χ4n) is 1.27. The molecule has 0 aliphatic carbocycles. The van der Waals surface area contributed by atoms with E-state index in [2.05, 4.69) is 10.7 Å². The maximum atomic E-state index is 12.2. The van der Waals surface area contributed by atoms with Crippen LogP contribution in [0.1, 0.15) is 25.0 Å². The number of halogens is 3. The van der Waals surface area contributed by atoms with Crippen molar-refractivity contribution in [3.8, 4) is 18.1 Å². The topological polar surface area (TPSA) is 9.23 Å². The third-order valence-electron chi connectivity index (χ3n) is 1.93. The maximum Gasteiger partial charge on any atom is 0.573 e. The van der Waals surface area contributed by atoms with Crippen molar-refractivity contribution in [2.75, 3.05) is 0 Å². The van der Waals surface area contributed by atoms with E-state index < -0.39 is 6.36 Å². The summed E-state index contributed by atoms with van der Waals surface area (Å²) in [6.07, 6.45) is 0.393. The van der Waals surface area contributed by atoms with Crippen molar-refractivity contribution >= 4 is 0 Å². The van der Waals surface area contributed by atoms with Crippen LogP contribution in [0.5, 0.6) is 5.75 Å². The molecule has 85 valence electrons. The van der Waals surface area contributed by atoms with Gasteiger partial charge in [-0.2, -0.15) is 0 Å². The van der Waals surface area contributed by atoms with Crippen LogP contribution in [0.3, 0.4) is 0 Å². The van der Waals surface area contributed by atoms with Gasteiger partial charge in [0.05, 0.1) is 5.56 Å². The number of alkyl halides is 3. The second kappa shape index (κ2) is 4.48. The third-order valence-corrected chi connectivity index (χ3v) is 1.93. The zero-order valence-electron chi connectivity index (χ0n) is 8.85. The monoisotopic (exact) mass is 227 g/mol. The molecule has 16 heavy (non-hydrogen) atoms. The molecule has 0 saturated heterocycles. The van der Waals surface area contributed by atoms with Gasteiger partial charge < -0.3 is 4.74 Å². The highest BCUT2D eigenvalue weighted by atomic mass is 19.4. The van der Waals surface area contributed by atoms with E-state index in [1.807, 2.05) is 0 Å². The number of terminal acetylenes is 1. The van der Waals surface area contributed by atoms with Gasteiger partial charge in [-0.1, -0.05) is 31.9 Å². The molecule has 0 fully saturated rings. The Bertz CT molecular complexity index is 413. The van der Waals surface area contributed by atoms with E-state index >= 15 is 0 Å². The van der Waals surface area contributed by atoms with Crippen LogP contribution in [0, 0.1) is 18.3 Å². The molecule has 0 aliphatic heterocycles. The van der Waals surface area contributed by atoms with Crippen LogP contribution in [0.15, 0.2) is 18.2 Å². The fraction of sp³-hybridized carbons (Fsp3) is 0.250. The van der Waals surface area contributed by atoms with Crippen molar-refractivity contribution in [3.05, 3.63) is 35.2 Å². The van der Waals surface area contributed by atoms with Crippen LogP contribution in [0.4, 0.5) is 13.2 Å². The maximum absolute atomic E-state index is 12.2. The molecule has 0 spiro atoms. The van der Waals surface area contributed by atoms with Crippen LogP contribution in [-0.2, 0) is 0 Å². The molecule has 0 aromatic heterocycles. The third kappa shape index (κ3) is 2.93. The van der Waals surface area contributed by atoms with E-state index in [4.69, 9.17) is 6.42 Å². The Balaban J connectivity index is 3.27. The molecule has 0 saturated carbocycles. The summed E-state index contributed by atoms with van der Waals surface area (Å²) < 4.78 is 40.6. The highest BCUT2D eigenvalue weighted by molar-refractivity contribution is 5.54. The van der Waals surface area contributed by atoms with E-state index in [0.717, 1.165) is 0 Å². The van der Waals surface area contributed by atoms with Crippen molar-refractivity contribution in [2.45, 2.75) is 20.2 Å². The standard InChI is InChI=1S/C12H10F3O/c1-4-9-6-5-7-10(8(2)3)11(9)16-12(13,14)15/h1,5-7H,2-3H3. The summed E-state index contributed by atoms with van der Waals surface area (Å²) in [6.45, 7) is 3.39. The first kappa shape index (κ1) is 12.4. The number of ether oxygens (including phenoxy) is 1. The number of hydrogen-bond acceptors (Lipinski definition) is 1. The first-order valence-electron chi connectivity index (χ1n) is 4.51. The number of benzene rings is 1. The highest BCUT2D eigenvalue weighted by Crippen LogP contribution is 2.33. The summed E-state index contributed by atoms with van der Waals surface area (Å²) in [5, 5.41) is 0. The Kier molecular flexibility index (Phi) is 3.48. The van der Waals surface area contributed by atoms with Gasteiger partial charge in [-0.05, 0) is 6.07 Å². The molecule has 1 aromatic carbocycles. The summed E-state index contributed by atoms with van der Waals surface area (Å²) >= 11 is 0. The molecular formula is C12H10F3O. The molecule has 0 bridgehead atoms. The van der Waals surface area contributed by atoms with Gasteiger partial charge in [0.15, 0.2) is 0 Å². The molecule has 1 nitrogen and oxygen atoms in total. The Morgan fingerprint density at radius 3 is 2.38 bits per heavy atom. The molecule has 0 amide bonds. The minimum absolute atomic E-state index is 0.0935. The van der Waals surface area contributed by atoms with Crippen molar-refractivity contribution in [1.29, 1.82) is 0 Å². The van der Waals surface area contributed by atoms with Gasteiger partial charge in [-0.25, -0.2) is 0 Å². The van der Waals surface area contributed by atoms with Gasteiger partial charge in [0.1, 0.15) is 5.75 Å². The molecule has 0 unspecified atom stereocenters. The minimum atomic E-state index is -4.74. The van der Waals surface area contributed by atoms with Gasteiger partial charge in [-0.15, -0.1) is 19.6 Å². The van der Waals surface area contributed by atoms with Crippen LogP contribution in [0.2, 0.25) is 0 Å². The molecule has 1 rings (SSSR count). The van der Waals surface area contributed by atoms with Crippen LogP contribution in [-0.4, -0.2) is 6.36 Å². The second-order valence-electron chi connectivity index (χ2n) is 3.37. The average Bonchev–Trinajstić information content (AvgIpc) is 2.15. The smallest absolute Gasteiger partial charge is 0.404 e. The quantitative estimate of drug-likeness (QED) is 0.702. The second-order valence-corrected chi connectivity index (χ2v) is 3.37. The Hall–Kier alpha value is -1.63. The van der Waals surface area contributed by atoms with Gasteiger partial charge >= 0.3 is 6.36 Å². The molecular weight excluding hydrogens is 217 g/mol. The molecule has 4 heteroatoms. The van der Waals surface area contributed by atoms with Gasteiger partial charge in [0, 0.05) is 11.5 Å². The molecule has 0 atom stereocenters. The number of hydrogen-bond donors (Lipinski definition) is 0. The lowest BCUT2D eigenvalue weighted by atomic mass is 9.99. The van der Waals surface area contributed by atoms with Crippen molar-refractivity contribution in [3.63, 3.8) is 0 Å². The summed E-state index contributed by atoms with van der Waals surface area (Å²) in [7, 11) is 0. The zero-order valence-corrected chi connectivity index (χ0v) is 8.85. The molecule has 0 aliphatic rings. The van der Waals surface area contributed by atoms with Crippen molar-refractivity contribution in [2.24, 2.45) is 0 Å². The van der Waals surface area contributed by atoms with E-state index in [9.17, 15) is 13.2 Å². The lowest BCUT2D eigenvalue weighted by molar-refractivity contribution is -0.274. The van der Waals surface area contributed by atoms with Crippen LogP contribution >= 0.6 is 0 Å². The van der Waals surface area contributed by atoms with E-state index in [1.54, 1.807) is 19.9 Å². The van der Waals surface area contributed by atoms with Crippen molar-refractivity contribution < 1.29 is 17.9 Å². The van der Waals surface area contributed by atoms with Crippen LogP contribution < -0.4 is 4.74 Å². The Labute approximate surface area is 92.2 Å². The van der Waals surface area contributed by atoms with Gasteiger partial charge in [0.2, 0.25) is 0 Å². The van der Waals surface area contributed by atoms with E-state index in [1.165, 1.54) is 12.1 Å². The first-order valence-corrected chi connectivity index (χ1v) is 4.51. The highest BCUT2D eigenvalue weighted by Gasteiger charge is 2.33. The summed E-state index contributed by atoms with van der Waals surface area (Å²) in [4.78, 5) is 0. The summed E-state index contributed by atoms with van der Waals surface area (Å²) in [5.74, 6) is 2.57. The minimum Gasteiger partial charge on any atom is -0.404 e. The Morgan fingerprint density at radius 2 is 1.94 bits per heavy atom. The molecule has 1 aromatic rings. The molecule has 0 heterocycles. The predicted molar refractivity (Wildman–Crippen MR) is 54.8 cm³/mol. The normalized spacial score (nSPS) is 11.3. The van der Waals surface area contributed by atoms with E-state index in [-0.39, 0.29) is 11.3 Å². The SMILES string of the molecule is C#Cc1cccc([C](C)C)c1OC(F)(F)F. The fourth-order valence-corrected chi connectivity index (χ4v) is 1.27. The Morgan fingerprint density at radius 1 is 1.31 bits per heavy atom. The zero-order chi connectivity index (χ0) is 12.3. The summed E-state index contributed by atoms with van der Waals surface area (Å²) in [6, 6.07) is 4.55. The average molecular weight is 227 g/mol. The van der Waals surface area contributed by atoms with Gasteiger partial charge in [0.25, 0.3) is 0 Å². The van der Waals surface area contributed by atoms with Crippen LogP contribution in [0.25, 0.3) is 0 Å². The largest absolute Gasteiger partial charge is 0.573 e.